The second-order valence-electron chi connectivity index (χ2n) is 6.14. The SMILES string of the molecule is FC(F)(F)c1ccc(Nc2cc(-c3ccccc3)nc3ccccc23)cc1. The van der Waals surface area contributed by atoms with Crippen molar-refractivity contribution in [3.05, 3.63) is 90.5 Å². The summed E-state index contributed by atoms with van der Waals surface area (Å²) in [5.74, 6) is 0. The Bertz CT molecular complexity index is 1070. The Balaban J connectivity index is 1.76. The van der Waals surface area contributed by atoms with E-state index >= 15 is 0 Å². The Morgan fingerprint density at radius 1 is 0.741 bits per heavy atom. The number of halogens is 3. The fourth-order valence-electron chi connectivity index (χ4n) is 2.93. The minimum absolute atomic E-state index is 0.582. The zero-order chi connectivity index (χ0) is 18.9. The molecule has 0 radical (unpaired) electrons. The normalized spacial score (nSPS) is 11.5. The lowest BCUT2D eigenvalue weighted by molar-refractivity contribution is -0.137. The summed E-state index contributed by atoms with van der Waals surface area (Å²) in [7, 11) is 0. The second kappa shape index (κ2) is 6.76. The summed E-state index contributed by atoms with van der Waals surface area (Å²) in [5.41, 5.74) is 3.28. The van der Waals surface area contributed by atoms with Gasteiger partial charge in [-0.3, -0.25) is 0 Å². The van der Waals surface area contributed by atoms with Crippen LogP contribution in [-0.4, -0.2) is 4.98 Å². The molecule has 0 spiro atoms. The van der Waals surface area contributed by atoms with E-state index in [-0.39, 0.29) is 0 Å². The molecule has 1 aromatic heterocycles. The van der Waals surface area contributed by atoms with Gasteiger partial charge in [0.25, 0.3) is 0 Å². The molecule has 0 fully saturated rings. The monoisotopic (exact) mass is 364 g/mol. The van der Waals surface area contributed by atoms with E-state index in [1.807, 2.05) is 60.7 Å². The molecule has 0 aliphatic heterocycles. The van der Waals surface area contributed by atoms with Crippen molar-refractivity contribution in [3.8, 4) is 11.3 Å². The summed E-state index contributed by atoms with van der Waals surface area (Å²) in [6.45, 7) is 0. The molecule has 4 rings (SSSR count). The van der Waals surface area contributed by atoms with E-state index in [1.54, 1.807) is 0 Å². The molecule has 0 unspecified atom stereocenters. The van der Waals surface area contributed by atoms with Gasteiger partial charge in [-0.15, -0.1) is 0 Å². The fraction of sp³-hybridized carbons (Fsp3) is 0.0455. The molecule has 27 heavy (non-hydrogen) atoms. The molecule has 0 bridgehead atoms. The molecule has 0 amide bonds. The van der Waals surface area contributed by atoms with Gasteiger partial charge in [0, 0.05) is 16.6 Å². The highest BCUT2D eigenvalue weighted by Crippen LogP contribution is 2.33. The van der Waals surface area contributed by atoms with Gasteiger partial charge < -0.3 is 5.32 Å². The third-order valence-electron chi connectivity index (χ3n) is 4.28. The van der Waals surface area contributed by atoms with Gasteiger partial charge in [0.05, 0.1) is 22.5 Å². The fourth-order valence-corrected chi connectivity index (χ4v) is 2.93. The van der Waals surface area contributed by atoms with Crippen LogP contribution in [0.2, 0.25) is 0 Å². The predicted octanol–water partition coefficient (Wildman–Crippen LogP) is 6.66. The van der Waals surface area contributed by atoms with Crippen LogP contribution in [0, 0.1) is 0 Å². The molecule has 1 N–H and O–H groups in total. The number of para-hydroxylation sites is 1. The third-order valence-corrected chi connectivity index (χ3v) is 4.28. The summed E-state index contributed by atoms with van der Waals surface area (Å²) in [5, 5.41) is 4.13. The van der Waals surface area contributed by atoms with Crippen molar-refractivity contribution < 1.29 is 13.2 Å². The van der Waals surface area contributed by atoms with Crippen molar-refractivity contribution in [2.45, 2.75) is 6.18 Å². The molecule has 0 aliphatic rings. The van der Waals surface area contributed by atoms with E-state index in [0.29, 0.717) is 5.69 Å². The Labute approximate surface area is 154 Å². The third kappa shape index (κ3) is 3.62. The maximum absolute atomic E-state index is 12.8. The number of pyridine rings is 1. The molecule has 0 saturated heterocycles. The van der Waals surface area contributed by atoms with Crippen LogP contribution in [0.4, 0.5) is 24.5 Å². The number of rotatable bonds is 3. The van der Waals surface area contributed by atoms with E-state index in [4.69, 9.17) is 4.98 Å². The van der Waals surface area contributed by atoms with Gasteiger partial charge in [-0.25, -0.2) is 4.98 Å². The summed E-state index contributed by atoms with van der Waals surface area (Å²) < 4.78 is 38.3. The highest BCUT2D eigenvalue weighted by Gasteiger charge is 2.29. The zero-order valence-corrected chi connectivity index (χ0v) is 14.2. The van der Waals surface area contributed by atoms with Crippen LogP contribution in [0.3, 0.4) is 0 Å². The first-order valence-electron chi connectivity index (χ1n) is 8.40. The van der Waals surface area contributed by atoms with E-state index in [1.165, 1.54) is 12.1 Å². The average molecular weight is 364 g/mol. The van der Waals surface area contributed by atoms with Crippen LogP contribution < -0.4 is 5.32 Å². The summed E-state index contributed by atoms with van der Waals surface area (Å²) in [6.07, 6.45) is -4.34. The van der Waals surface area contributed by atoms with Crippen LogP contribution in [0.5, 0.6) is 0 Å². The van der Waals surface area contributed by atoms with Crippen molar-refractivity contribution in [2.75, 3.05) is 5.32 Å². The zero-order valence-electron chi connectivity index (χ0n) is 14.2. The first-order valence-corrected chi connectivity index (χ1v) is 8.40. The standard InChI is InChI=1S/C22H15F3N2/c23-22(24,25)16-10-12-17(13-11-16)26-21-14-20(15-6-2-1-3-7-15)27-19-9-5-4-8-18(19)21/h1-14H,(H,26,27). The molecule has 134 valence electrons. The van der Waals surface area contributed by atoms with Gasteiger partial charge in [-0.1, -0.05) is 48.5 Å². The number of benzene rings is 3. The van der Waals surface area contributed by atoms with E-state index in [9.17, 15) is 13.2 Å². The molecule has 0 atom stereocenters. The number of hydrogen-bond acceptors (Lipinski definition) is 2. The van der Waals surface area contributed by atoms with Crippen molar-refractivity contribution in [2.24, 2.45) is 0 Å². The Morgan fingerprint density at radius 3 is 2.11 bits per heavy atom. The molecule has 0 saturated carbocycles. The topological polar surface area (TPSA) is 24.9 Å². The minimum Gasteiger partial charge on any atom is -0.355 e. The van der Waals surface area contributed by atoms with Gasteiger partial charge in [-0.2, -0.15) is 13.2 Å². The molecule has 0 aliphatic carbocycles. The highest BCUT2D eigenvalue weighted by atomic mass is 19.4. The molecule has 5 heteroatoms. The number of nitrogens with one attached hydrogen (secondary N) is 1. The lowest BCUT2D eigenvalue weighted by Gasteiger charge is -2.13. The summed E-state index contributed by atoms with van der Waals surface area (Å²) in [6, 6.07) is 24.3. The van der Waals surface area contributed by atoms with E-state index in [0.717, 1.165) is 40.0 Å². The highest BCUT2D eigenvalue weighted by molar-refractivity contribution is 5.95. The number of anilines is 2. The van der Waals surface area contributed by atoms with Crippen molar-refractivity contribution >= 4 is 22.3 Å². The number of hydrogen-bond donors (Lipinski definition) is 1. The van der Waals surface area contributed by atoms with Crippen molar-refractivity contribution in [3.63, 3.8) is 0 Å². The van der Waals surface area contributed by atoms with Gasteiger partial charge in [0.2, 0.25) is 0 Å². The lowest BCUT2D eigenvalue weighted by Crippen LogP contribution is -2.04. The van der Waals surface area contributed by atoms with Gasteiger partial charge in [-0.05, 0) is 36.4 Å². The number of aromatic nitrogens is 1. The molecule has 2 nitrogen and oxygen atoms in total. The maximum atomic E-state index is 12.8. The first-order chi connectivity index (χ1) is 13.0. The number of fused-ring (bicyclic) bond motifs is 1. The lowest BCUT2D eigenvalue weighted by atomic mass is 10.1. The Morgan fingerprint density at radius 2 is 1.41 bits per heavy atom. The number of alkyl halides is 3. The maximum Gasteiger partial charge on any atom is 0.416 e. The van der Waals surface area contributed by atoms with Crippen LogP contribution in [0.25, 0.3) is 22.2 Å². The summed E-state index contributed by atoms with van der Waals surface area (Å²) in [4.78, 5) is 4.71. The quantitative estimate of drug-likeness (QED) is 0.439. The van der Waals surface area contributed by atoms with Crippen LogP contribution in [0.15, 0.2) is 84.9 Å². The predicted molar refractivity (Wildman–Crippen MR) is 102 cm³/mol. The van der Waals surface area contributed by atoms with Crippen molar-refractivity contribution in [1.29, 1.82) is 0 Å². The van der Waals surface area contributed by atoms with Crippen LogP contribution in [-0.2, 0) is 6.18 Å². The van der Waals surface area contributed by atoms with Gasteiger partial charge in [0.1, 0.15) is 0 Å². The Kier molecular flexibility index (Phi) is 4.28. The second-order valence-corrected chi connectivity index (χ2v) is 6.14. The average Bonchev–Trinajstić information content (AvgIpc) is 2.68. The number of nitrogens with zero attached hydrogens (tertiary/aromatic N) is 1. The van der Waals surface area contributed by atoms with E-state index < -0.39 is 11.7 Å². The van der Waals surface area contributed by atoms with Crippen LogP contribution in [0.1, 0.15) is 5.56 Å². The smallest absolute Gasteiger partial charge is 0.355 e. The summed E-state index contributed by atoms with van der Waals surface area (Å²) >= 11 is 0. The van der Waals surface area contributed by atoms with E-state index in [2.05, 4.69) is 5.32 Å². The molecular formula is C22H15F3N2. The molecule has 1 heterocycles. The van der Waals surface area contributed by atoms with Gasteiger partial charge >= 0.3 is 6.18 Å². The largest absolute Gasteiger partial charge is 0.416 e. The van der Waals surface area contributed by atoms with Crippen LogP contribution >= 0.6 is 0 Å². The molecule has 4 aromatic rings. The molecule has 3 aromatic carbocycles. The Hall–Kier alpha value is -3.34. The molecular weight excluding hydrogens is 349 g/mol. The van der Waals surface area contributed by atoms with Gasteiger partial charge in [0.15, 0.2) is 0 Å². The minimum atomic E-state index is -4.34. The van der Waals surface area contributed by atoms with Crippen molar-refractivity contribution in [1.82, 2.24) is 4.98 Å². The first kappa shape index (κ1) is 17.1.